The van der Waals surface area contributed by atoms with Gasteiger partial charge in [-0.15, -0.1) is 0 Å². The van der Waals surface area contributed by atoms with Crippen LogP contribution in [-0.4, -0.2) is 23.8 Å². The number of benzene rings is 3. The zero-order valence-corrected chi connectivity index (χ0v) is 26.4. The summed E-state index contributed by atoms with van der Waals surface area (Å²) in [5.41, 5.74) is 3.03. The number of esters is 1. The third-order valence-electron chi connectivity index (χ3n) is 6.80. The summed E-state index contributed by atoms with van der Waals surface area (Å²) >= 11 is 4.75. The third-order valence-corrected chi connectivity index (χ3v) is 8.27. The van der Waals surface area contributed by atoms with Crippen LogP contribution in [-0.2, 0) is 16.1 Å². The highest BCUT2D eigenvalue weighted by atomic mass is 79.9. The average Bonchev–Trinajstić information content (AvgIpc) is 3.29. The number of allylic oxidation sites excluding steroid dienone is 1. The van der Waals surface area contributed by atoms with E-state index in [4.69, 9.17) is 14.2 Å². The minimum atomic E-state index is -0.828. The van der Waals surface area contributed by atoms with Crippen LogP contribution in [0.4, 0.5) is 0 Å². The lowest BCUT2D eigenvalue weighted by atomic mass is 9.95. The topological polar surface area (TPSA) is 103 Å². The van der Waals surface area contributed by atoms with Gasteiger partial charge in [0.15, 0.2) is 4.80 Å². The maximum absolute atomic E-state index is 14.1. The molecule has 0 aliphatic carbocycles. The predicted molar refractivity (Wildman–Crippen MR) is 168 cm³/mol. The molecule has 1 atom stereocenters. The van der Waals surface area contributed by atoms with Gasteiger partial charge in [-0.25, -0.2) is 9.79 Å². The Morgan fingerprint density at radius 2 is 1.88 bits per heavy atom. The summed E-state index contributed by atoms with van der Waals surface area (Å²) < 4.78 is 20.1. The summed E-state index contributed by atoms with van der Waals surface area (Å²) in [6, 6.07) is 21.5. The number of methoxy groups -OCH3 is 1. The fraction of sp³-hybridized carbons (Fsp3) is 0.212. The quantitative estimate of drug-likeness (QED) is 0.235. The fourth-order valence-electron chi connectivity index (χ4n) is 4.86. The molecule has 0 radical (unpaired) electrons. The molecule has 0 bridgehead atoms. The smallest absolute Gasteiger partial charge is 0.338 e. The number of halogens is 1. The van der Waals surface area contributed by atoms with Gasteiger partial charge in [-0.2, -0.15) is 5.26 Å². The highest BCUT2D eigenvalue weighted by Gasteiger charge is 2.35. The van der Waals surface area contributed by atoms with E-state index in [1.807, 2.05) is 54.6 Å². The molecule has 5 rings (SSSR count). The molecule has 1 aliphatic rings. The number of hydrogen-bond acceptors (Lipinski definition) is 8. The number of nitriles is 1. The van der Waals surface area contributed by atoms with E-state index in [0.717, 1.165) is 10.0 Å². The van der Waals surface area contributed by atoms with Crippen molar-refractivity contribution in [2.24, 2.45) is 4.99 Å². The molecule has 0 spiro atoms. The first-order valence-electron chi connectivity index (χ1n) is 13.5. The Hall–Kier alpha value is -4.46. The van der Waals surface area contributed by atoms with Gasteiger partial charge in [-0.3, -0.25) is 9.36 Å². The van der Waals surface area contributed by atoms with Crippen LogP contribution in [0.1, 0.15) is 49.1 Å². The van der Waals surface area contributed by atoms with Gasteiger partial charge in [-0.05, 0) is 57.2 Å². The maximum Gasteiger partial charge on any atom is 0.338 e. The van der Waals surface area contributed by atoms with Crippen molar-refractivity contribution in [3.05, 3.63) is 124 Å². The first-order chi connectivity index (χ1) is 20.7. The molecule has 0 unspecified atom stereocenters. The van der Waals surface area contributed by atoms with E-state index in [9.17, 15) is 14.9 Å². The van der Waals surface area contributed by atoms with E-state index in [-0.39, 0.29) is 23.8 Å². The van der Waals surface area contributed by atoms with E-state index in [2.05, 4.69) is 27.0 Å². The molecule has 0 amide bonds. The Morgan fingerprint density at radius 3 is 2.63 bits per heavy atom. The predicted octanol–water partition coefficient (Wildman–Crippen LogP) is 5.41. The van der Waals surface area contributed by atoms with Gasteiger partial charge in [0, 0.05) is 21.2 Å². The summed E-state index contributed by atoms with van der Waals surface area (Å²) in [5.74, 6) is 0.529. The number of hydrogen-bond donors (Lipinski definition) is 0. The highest BCUT2D eigenvalue weighted by Crippen LogP contribution is 2.37. The van der Waals surface area contributed by atoms with Gasteiger partial charge >= 0.3 is 5.97 Å². The van der Waals surface area contributed by atoms with E-state index >= 15 is 0 Å². The van der Waals surface area contributed by atoms with E-state index in [0.29, 0.717) is 43.2 Å². The van der Waals surface area contributed by atoms with E-state index in [1.165, 1.54) is 15.9 Å². The molecule has 1 aromatic heterocycles. The third kappa shape index (κ3) is 6.19. The standard InChI is InChI=1S/C33H28BrN3O5S/c1-19(2)42-32(39)29-20(3)36-33-37(30(29)25-16-24(34)13-14-27(25)40-4)31(38)28(43-33)15-21-9-7-8-12-26(21)41-18-23-11-6-5-10-22(23)17-35/h5-16,19,30H,18H2,1-4H3/b28-15-/t30-/m0/s1. The number of para-hydroxylation sites is 1. The number of ether oxygens (including phenoxy) is 3. The number of nitrogens with zero attached hydrogens (tertiary/aromatic N) is 3. The second kappa shape index (κ2) is 12.8. The molecule has 3 aromatic carbocycles. The Balaban J connectivity index is 1.64. The minimum absolute atomic E-state index is 0.193. The largest absolute Gasteiger partial charge is 0.496 e. The maximum atomic E-state index is 14.1. The van der Waals surface area contributed by atoms with Crippen LogP contribution in [0.5, 0.6) is 11.5 Å². The van der Waals surface area contributed by atoms with Crippen molar-refractivity contribution >= 4 is 39.3 Å². The van der Waals surface area contributed by atoms with Crippen LogP contribution < -0.4 is 24.4 Å². The molecule has 10 heteroatoms. The highest BCUT2D eigenvalue weighted by molar-refractivity contribution is 9.10. The minimum Gasteiger partial charge on any atom is -0.496 e. The Kier molecular flexibility index (Phi) is 8.94. The first-order valence-corrected chi connectivity index (χ1v) is 15.1. The van der Waals surface area contributed by atoms with Gasteiger partial charge in [-0.1, -0.05) is 63.7 Å². The van der Waals surface area contributed by atoms with Crippen molar-refractivity contribution in [1.29, 1.82) is 5.26 Å². The molecule has 0 saturated heterocycles. The molecule has 4 aromatic rings. The SMILES string of the molecule is COc1ccc(Br)cc1[C@H]1C(C(=O)OC(C)C)=C(C)N=c2s/c(=C\c3ccccc3OCc3ccccc3C#N)c(=O)n21. The molecule has 218 valence electrons. The Labute approximate surface area is 260 Å². The van der Waals surface area contributed by atoms with Crippen molar-refractivity contribution in [3.8, 4) is 17.6 Å². The summed E-state index contributed by atoms with van der Waals surface area (Å²) in [4.78, 5) is 32.7. The molecular formula is C33H28BrN3O5S. The summed E-state index contributed by atoms with van der Waals surface area (Å²) in [7, 11) is 1.55. The van der Waals surface area contributed by atoms with Crippen LogP contribution in [0.2, 0.25) is 0 Å². The number of fused-ring (bicyclic) bond motifs is 1. The van der Waals surface area contributed by atoms with Crippen molar-refractivity contribution in [3.63, 3.8) is 0 Å². The molecule has 43 heavy (non-hydrogen) atoms. The molecular weight excluding hydrogens is 630 g/mol. The van der Waals surface area contributed by atoms with Gasteiger partial charge in [0.2, 0.25) is 0 Å². The van der Waals surface area contributed by atoms with Crippen LogP contribution in [0, 0.1) is 11.3 Å². The Bertz CT molecular complexity index is 1970. The summed E-state index contributed by atoms with van der Waals surface area (Å²) in [5, 5.41) is 9.44. The number of thiazole rings is 1. The van der Waals surface area contributed by atoms with Crippen molar-refractivity contribution < 1.29 is 19.0 Å². The fourth-order valence-corrected chi connectivity index (χ4v) is 6.27. The van der Waals surface area contributed by atoms with E-state index in [1.54, 1.807) is 46.1 Å². The van der Waals surface area contributed by atoms with Gasteiger partial charge in [0.1, 0.15) is 24.1 Å². The number of carbonyl (C=O) groups is 1. The zero-order valence-electron chi connectivity index (χ0n) is 24.0. The molecule has 0 N–H and O–H groups in total. The van der Waals surface area contributed by atoms with Crippen molar-refractivity contribution in [1.82, 2.24) is 4.57 Å². The Morgan fingerprint density at radius 1 is 1.14 bits per heavy atom. The molecule has 1 aliphatic heterocycles. The zero-order chi connectivity index (χ0) is 30.7. The molecule has 2 heterocycles. The second-order valence-electron chi connectivity index (χ2n) is 10.0. The number of aromatic nitrogens is 1. The molecule has 0 saturated carbocycles. The lowest BCUT2D eigenvalue weighted by molar-refractivity contribution is -0.143. The summed E-state index contributed by atoms with van der Waals surface area (Å²) in [6.45, 7) is 5.49. The van der Waals surface area contributed by atoms with Crippen LogP contribution in [0.3, 0.4) is 0 Å². The van der Waals surface area contributed by atoms with Gasteiger partial charge in [0.25, 0.3) is 5.56 Å². The van der Waals surface area contributed by atoms with Crippen molar-refractivity contribution in [2.45, 2.75) is 39.5 Å². The molecule has 0 fully saturated rings. The number of rotatable bonds is 8. The van der Waals surface area contributed by atoms with Crippen LogP contribution >= 0.6 is 27.3 Å². The lowest BCUT2D eigenvalue weighted by Crippen LogP contribution is -2.40. The average molecular weight is 659 g/mol. The number of carbonyl (C=O) groups excluding carboxylic acids is 1. The normalized spacial score (nSPS) is 14.6. The van der Waals surface area contributed by atoms with Crippen molar-refractivity contribution in [2.75, 3.05) is 7.11 Å². The lowest BCUT2D eigenvalue weighted by Gasteiger charge is -2.26. The van der Waals surface area contributed by atoms with Crippen LogP contribution in [0.25, 0.3) is 6.08 Å². The van der Waals surface area contributed by atoms with E-state index < -0.39 is 12.0 Å². The first kappa shape index (κ1) is 30.0. The van der Waals surface area contributed by atoms with Gasteiger partial charge in [0.05, 0.1) is 40.6 Å². The second-order valence-corrected chi connectivity index (χ2v) is 11.9. The van der Waals surface area contributed by atoms with Crippen LogP contribution in [0.15, 0.2) is 92.3 Å². The molecule has 8 nitrogen and oxygen atoms in total. The summed E-state index contributed by atoms with van der Waals surface area (Å²) in [6.07, 6.45) is 1.40. The van der Waals surface area contributed by atoms with Gasteiger partial charge < -0.3 is 14.2 Å². The monoisotopic (exact) mass is 657 g/mol.